The third kappa shape index (κ3) is 5.31. The Balaban J connectivity index is 1.84. The van der Waals surface area contributed by atoms with Crippen molar-refractivity contribution in [1.29, 1.82) is 0 Å². The first-order valence-corrected chi connectivity index (χ1v) is 8.36. The number of ether oxygens (including phenoxy) is 4. The lowest BCUT2D eigenvalue weighted by Gasteiger charge is -2.15. The van der Waals surface area contributed by atoms with Crippen LogP contribution in [0.1, 0.15) is 12.5 Å². The maximum absolute atomic E-state index is 12.2. The van der Waals surface area contributed by atoms with E-state index in [1.54, 1.807) is 40.4 Å². The summed E-state index contributed by atoms with van der Waals surface area (Å²) >= 11 is 0. The summed E-state index contributed by atoms with van der Waals surface area (Å²) in [4.78, 5) is 12.2. The molecular weight excluding hydrogens is 334 g/mol. The number of methoxy groups -OCH3 is 3. The number of nitrogens with one attached hydrogen (secondary N) is 1. The molecule has 2 aromatic carbocycles. The van der Waals surface area contributed by atoms with Gasteiger partial charge in [0.15, 0.2) is 17.6 Å². The molecule has 0 unspecified atom stereocenters. The van der Waals surface area contributed by atoms with E-state index in [9.17, 15) is 4.79 Å². The Morgan fingerprint density at radius 1 is 0.962 bits per heavy atom. The maximum atomic E-state index is 12.2. The number of hydrogen-bond donors (Lipinski definition) is 1. The van der Waals surface area contributed by atoms with Gasteiger partial charge in [-0.05, 0) is 43.2 Å². The molecule has 26 heavy (non-hydrogen) atoms. The summed E-state index contributed by atoms with van der Waals surface area (Å²) in [6.07, 6.45) is 0.0744. The van der Waals surface area contributed by atoms with Gasteiger partial charge in [0.1, 0.15) is 11.5 Å². The van der Waals surface area contributed by atoms with Crippen molar-refractivity contribution in [2.24, 2.45) is 0 Å². The largest absolute Gasteiger partial charge is 0.497 e. The molecule has 140 valence electrons. The highest BCUT2D eigenvalue weighted by Crippen LogP contribution is 2.27. The summed E-state index contributed by atoms with van der Waals surface area (Å²) in [7, 11) is 4.78. The maximum Gasteiger partial charge on any atom is 0.260 e. The fourth-order valence-electron chi connectivity index (χ4n) is 2.44. The van der Waals surface area contributed by atoms with E-state index in [0.29, 0.717) is 36.0 Å². The second-order valence-corrected chi connectivity index (χ2v) is 5.67. The Labute approximate surface area is 154 Å². The van der Waals surface area contributed by atoms with Crippen LogP contribution in [0.5, 0.6) is 23.0 Å². The normalized spacial score (nSPS) is 11.4. The molecule has 1 atom stereocenters. The van der Waals surface area contributed by atoms with Crippen LogP contribution in [0.4, 0.5) is 0 Å². The highest BCUT2D eigenvalue weighted by molar-refractivity contribution is 5.80. The summed E-state index contributed by atoms with van der Waals surface area (Å²) in [5.41, 5.74) is 1.05. The van der Waals surface area contributed by atoms with Gasteiger partial charge in [0, 0.05) is 12.6 Å². The van der Waals surface area contributed by atoms with Gasteiger partial charge in [-0.15, -0.1) is 0 Å². The Morgan fingerprint density at radius 2 is 1.69 bits per heavy atom. The van der Waals surface area contributed by atoms with Crippen LogP contribution in [0.25, 0.3) is 0 Å². The quantitative estimate of drug-likeness (QED) is 0.746. The smallest absolute Gasteiger partial charge is 0.260 e. The van der Waals surface area contributed by atoms with Gasteiger partial charge in [-0.2, -0.15) is 0 Å². The minimum Gasteiger partial charge on any atom is -0.497 e. The average Bonchev–Trinajstić information content (AvgIpc) is 2.67. The third-order valence-corrected chi connectivity index (χ3v) is 3.88. The number of benzene rings is 2. The van der Waals surface area contributed by atoms with E-state index < -0.39 is 6.10 Å². The Kier molecular flexibility index (Phi) is 7.14. The van der Waals surface area contributed by atoms with Gasteiger partial charge in [0.25, 0.3) is 5.91 Å². The average molecular weight is 359 g/mol. The minimum absolute atomic E-state index is 0.173. The third-order valence-electron chi connectivity index (χ3n) is 3.88. The molecule has 6 heteroatoms. The van der Waals surface area contributed by atoms with E-state index in [1.807, 2.05) is 30.3 Å². The molecule has 1 amide bonds. The highest BCUT2D eigenvalue weighted by atomic mass is 16.5. The fraction of sp³-hybridized carbons (Fsp3) is 0.350. The molecule has 2 rings (SSSR count). The van der Waals surface area contributed by atoms with Crippen molar-refractivity contribution in [3.63, 3.8) is 0 Å². The van der Waals surface area contributed by atoms with Gasteiger partial charge in [-0.3, -0.25) is 4.79 Å². The van der Waals surface area contributed by atoms with Crippen LogP contribution in [0.15, 0.2) is 42.5 Å². The predicted molar refractivity (Wildman–Crippen MR) is 99.3 cm³/mol. The van der Waals surface area contributed by atoms with Gasteiger partial charge in [-0.25, -0.2) is 0 Å². The van der Waals surface area contributed by atoms with E-state index in [1.165, 1.54) is 0 Å². The lowest BCUT2D eigenvalue weighted by atomic mass is 10.1. The van der Waals surface area contributed by atoms with Gasteiger partial charge < -0.3 is 24.3 Å². The summed E-state index contributed by atoms with van der Waals surface area (Å²) in [6, 6.07) is 12.9. The molecule has 0 heterocycles. The lowest BCUT2D eigenvalue weighted by Crippen LogP contribution is -2.37. The van der Waals surface area contributed by atoms with E-state index >= 15 is 0 Å². The zero-order valence-corrected chi connectivity index (χ0v) is 15.6. The molecule has 0 aliphatic rings. The molecule has 6 nitrogen and oxygen atoms in total. The first-order chi connectivity index (χ1) is 12.6. The number of rotatable bonds is 9. The van der Waals surface area contributed by atoms with Crippen molar-refractivity contribution >= 4 is 5.91 Å². The molecule has 0 radical (unpaired) electrons. The van der Waals surface area contributed by atoms with Crippen molar-refractivity contribution in [2.45, 2.75) is 19.4 Å². The van der Waals surface area contributed by atoms with Crippen molar-refractivity contribution < 1.29 is 23.7 Å². The minimum atomic E-state index is -0.604. The van der Waals surface area contributed by atoms with Crippen LogP contribution in [0.3, 0.4) is 0 Å². The summed E-state index contributed by atoms with van der Waals surface area (Å²) in [6.45, 7) is 2.21. The van der Waals surface area contributed by atoms with Gasteiger partial charge in [-0.1, -0.05) is 12.1 Å². The monoisotopic (exact) mass is 359 g/mol. The van der Waals surface area contributed by atoms with Crippen molar-refractivity contribution in [1.82, 2.24) is 5.32 Å². The molecule has 0 spiro atoms. The number of carbonyl (C=O) groups excluding carboxylic acids is 1. The van der Waals surface area contributed by atoms with Crippen LogP contribution >= 0.6 is 0 Å². The van der Waals surface area contributed by atoms with E-state index in [0.717, 1.165) is 5.56 Å². The second-order valence-electron chi connectivity index (χ2n) is 5.67. The van der Waals surface area contributed by atoms with Crippen molar-refractivity contribution in [2.75, 3.05) is 27.9 Å². The van der Waals surface area contributed by atoms with Gasteiger partial charge in [0.05, 0.1) is 21.3 Å². The first kappa shape index (κ1) is 19.4. The van der Waals surface area contributed by atoms with E-state index in [-0.39, 0.29) is 5.91 Å². The highest BCUT2D eigenvalue weighted by Gasteiger charge is 2.14. The SMILES string of the molecule is COc1cccc(O[C@H](C)C(=O)NCCc2ccc(OC)c(OC)c2)c1. The van der Waals surface area contributed by atoms with Crippen LogP contribution in [-0.2, 0) is 11.2 Å². The topological polar surface area (TPSA) is 66.0 Å². The molecular formula is C20H25NO5. The molecule has 0 aliphatic carbocycles. The molecule has 1 N–H and O–H groups in total. The van der Waals surface area contributed by atoms with Gasteiger partial charge >= 0.3 is 0 Å². The van der Waals surface area contributed by atoms with Crippen LogP contribution in [0.2, 0.25) is 0 Å². The Bertz CT molecular complexity index is 732. The number of hydrogen-bond acceptors (Lipinski definition) is 5. The lowest BCUT2D eigenvalue weighted by molar-refractivity contribution is -0.127. The molecule has 2 aromatic rings. The van der Waals surface area contributed by atoms with Crippen molar-refractivity contribution in [3.05, 3.63) is 48.0 Å². The number of amides is 1. The molecule has 0 bridgehead atoms. The summed E-state index contributed by atoms with van der Waals surface area (Å²) in [5.74, 6) is 2.45. The van der Waals surface area contributed by atoms with Crippen molar-refractivity contribution in [3.8, 4) is 23.0 Å². The fourth-order valence-corrected chi connectivity index (χ4v) is 2.44. The van der Waals surface area contributed by atoms with Crippen LogP contribution < -0.4 is 24.3 Å². The zero-order valence-electron chi connectivity index (χ0n) is 15.6. The zero-order chi connectivity index (χ0) is 18.9. The van der Waals surface area contributed by atoms with Gasteiger partial charge in [0.2, 0.25) is 0 Å². The summed E-state index contributed by atoms with van der Waals surface area (Å²) in [5, 5.41) is 2.88. The predicted octanol–water partition coefficient (Wildman–Crippen LogP) is 2.84. The summed E-state index contributed by atoms with van der Waals surface area (Å²) < 4.78 is 21.3. The second kappa shape index (κ2) is 9.56. The standard InChI is InChI=1S/C20H25NO5/c1-14(26-17-7-5-6-16(13-17)23-2)20(22)21-11-10-15-8-9-18(24-3)19(12-15)25-4/h5-9,12-14H,10-11H2,1-4H3,(H,21,22)/t14-/m1/s1. The molecule has 0 saturated heterocycles. The van der Waals surface area contributed by atoms with E-state index in [4.69, 9.17) is 18.9 Å². The van der Waals surface area contributed by atoms with Crippen LogP contribution in [0, 0.1) is 0 Å². The molecule has 0 fully saturated rings. The number of carbonyl (C=O) groups is 1. The molecule has 0 aliphatic heterocycles. The van der Waals surface area contributed by atoms with Crippen LogP contribution in [-0.4, -0.2) is 39.9 Å². The Morgan fingerprint density at radius 3 is 2.38 bits per heavy atom. The van der Waals surface area contributed by atoms with E-state index in [2.05, 4.69) is 5.32 Å². The first-order valence-electron chi connectivity index (χ1n) is 8.36. The molecule has 0 aromatic heterocycles. The molecule has 0 saturated carbocycles. The Hall–Kier alpha value is -2.89.